The van der Waals surface area contributed by atoms with E-state index in [1.807, 2.05) is 6.08 Å². The standard InChI is InChI=1S/C16H20O2/c17-13-9-3-7-11-5-1-2-6-12-8-4-10-14(18)16(12)15(11)13/h1-3,9,11-12,15-16H,4-8,10H2/b2-1-/t11-,12-,15+,16+/m1/s1. The van der Waals surface area contributed by atoms with Crippen LogP contribution in [0.4, 0.5) is 0 Å². The molecule has 3 aliphatic rings. The summed E-state index contributed by atoms with van der Waals surface area (Å²) in [5.74, 6) is 1.29. The van der Waals surface area contributed by atoms with Gasteiger partial charge in [-0.15, -0.1) is 0 Å². The van der Waals surface area contributed by atoms with Crippen molar-refractivity contribution in [3.05, 3.63) is 24.3 Å². The van der Waals surface area contributed by atoms with E-state index in [2.05, 4.69) is 12.2 Å². The number of fused-ring (bicyclic) bond motifs is 3. The second-order valence-corrected chi connectivity index (χ2v) is 5.91. The van der Waals surface area contributed by atoms with Crippen LogP contribution in [0.15, 0.2) is 24.3 Å². The summed E-state index contributed by atoms with van der Waals surface area (Å²) in [7, 11) is 0. The van der Waals surface area contributed by atoms with Crippen molar-refractivity contribution in [1.82, 2.24) is 0 Å². The van der Waals surface area contributed by atoms with E-state index < -0.39 is 0 Å². The van der Waals surface area contributed by atoms with Crippen molar-refractivity contribution in [3.8, 4) is 0 Å². The topological polar surface area (TPSA) is 34.1 Å². The number of Topliss-reactive ketones (excluding diaryl/α,β-unsaturated/α-hetero) is 1. The van der Waals surface area contributed by atoms with Crippen LogP contribution in [-0.2, 0) is 9.59 Å². The summed E-state index contributed by atoms with van der Waals surface area (Å²) >= 11 is 0. The third kappa shape index (κ3) is 1.98. The number of carbonyl (C=O) groups is 2. The van der Waals surface area contributed by atoms with Gasteiger partial charge in [0.25, 0.3) is 0 Å². The normalized spacial score (nSPS) is 41.6. The lowest BCUT2D eigenvalue weighted by Crippen LogP contribution is -2.42. The third-order valence-electron chi connectivity index (χ3n) is 4.87. The van der Waals surface area contributed by atoms with E-state index in [0.29, 0.717) is 24.0 Å². The zero-order valence-electron chi connectivity index (χ0n) is 10.7. The molecule has 0 unspecified atom stereocenters. The maximum atomic E-state index is 12.3. The van der Waals surface area contributed by atoms with Crippen LogP contribution in [0.1, 0.15) is 38.5 Å². The molecule has 3 rings (SSSR count). The van der Waals surface area contributed by atoms with Crippen LogP contribution in [0.5, 0.6) is 0 Å². The third-order valence-corrected chi connectivity index (χ3v) is 4.87. The minimum absolute atomic E-state index is 0.00569. The van der Waals surface area contributed by atoms with Crippen LogP contribution in [-0.4, -0.2) is 11.6 Å². The SMILES string of the molecule is O=C1C=CC[C@H]2C/C=C\C[C@@H]3CCCC(=O)[C@H]3[C@H]12. The lowest BCUT2D eigenvalue weighted by Gasteiger charge is -2.40. The number of allylic oxidation sites excluding steroid dienone is 4. The Morgan fingerprint density at radius 1 is 0.889 bits per heavy atom. The van der Waals surface area contributed by atoms with E-state index in [4.69, 9.17) is 0 Å². The van der Waals surface area contributed by atoms with Crippen LogP contribution < -0.4 is 0 Å². The Morgan fingerprint density at radius 3 is 2.44 bits per heavy atom. The van der Waals surface area contributed by atoms with Crippen molar-refractivity contribution in [2.24, 2.45) is 23.7 Å². The molecule has 0 saturated heterocycles. The maximum Gasteiger partial charge on any atom is 0.159 e. The van der Waals surface area contributed by atoms with Crippen molar-refractivity contribution in [2.75, 3.05) is 0 Å². The Labute approximate surface area is 108 Å². The summed E-state index contributed by atoms with van der Waals surface area (Å²) in [6.07, 6.45) is 13.9. The second-order valence-electron chi connectivity index (χ2n) is 5.91. The maximum absolute atomic E-state index is 12.3. The van der Waals surface area contributed by atoms with E-state index in [9.17, 15) is 9.59 Å². The summed E-state index contributed by atoms with van der Waals surface area (Å²) in [6, 6.07) is 0. The van der Waals surface area contributed by atoms with Gasteiger partial charge in [-0.3, -0.25) is 9.59 Å². The van der Waals surface area contributed by atoms with Crippen LogP contribution in [0.2, 0.25) is 0 Å². The van der Waals surface area contributed by atoms with Gasteiger partial charge in [0, 0.05) is 18.3 Å². The number of hydrogen-bond donors (Lipinski definition) is 0. The van der Waals surface area contributed by atoms with Crippen molar-refractivity contribution in [3.63, 3.8) is 0 Å². The largest absolute Gasteiger partial charge is 0.299 e. The number of hydrogen-bond acceptors (Lipinski definition) is 2. The Balaban J connectivity index is 1.98. The molecule has 3 aliphatic carbocycles. The Bertz CT molecular complexity index is 419. The Kier molecular flexibility index (Phi) is 3.19. The lowest BCUT2D eigenvalue weighted by atomic mass is 9.62. The van der Waals surface area contributed by atoms with Gasteiger partial charge >= 0.3 is 0 Å². The molecule has 1 saturated carbocycles. The monoisotopic (exact) mass is 244 g/mol. The molecule has 0 heterocycles. The summed E-state index contributed by atoms with van der Waals surface area (Å²) in [5, 5.41) is 0. The van der Waals surface area contributed by atoms with Gasteiger partial charge in [0.2, 0.25) is 0 Å². The fraction of sp³-hybridized carbons (Fsp3) is 0.625. The lowest BCUT2D eigenvalue weighted by molar-refractivity contribution is -0.137. The van der Waals surface area contributed by atoms with E-state index in [-0.39, 0.29) is 17.6 Å². The number of carbonyl (C=O) groups excluding carboxylic acids is 2. The molecule has 0 N–H and O–H groups in total. The first kappa shape index (κ1) is 11.9. The highest BCUT2D eigenvalue weighted by molar-refractivity contribution is 5.97. The molecular weight excluding hydrogens is 224 g/mol. The fourth-order valence-corrected chi connectivity index (χ4v) is 4.01. The minimum atomic E-state index is -0.0299. The predicted molar refractivity (Wildman–Crippen MR) is 70.0 cm³/mol. The minimum Gasteiger partial charge on any atom is -0.299 e. The van der Waals surface area contributed by atoms with Gasteiger partial charge in [-0.05, 0) is 50.0 Å². The molecule has 0 aliphatic heterocycles. The van der Waals surface area contributed by atoms with Crippen molar-refractivity contribution in [1.29, 1.82) is 0 Å². The van der Waals surface area contributed by atoms with Crippen LogP contribution in [0.3, 0.4) is 0 Å². The molecule has 2 heteroatoms. The molecule has 4 atom stereocenters. The average Bonchev–Trinajstić information content (AvgIpc) is 2.33. The molecule has 96 valence electrons. The number of ketones is 2. The smallest absolute Gasteiger partial charge is 0.159 e. The van der Waals surface area contributed by atoms with E-state index >= 15 is 0 Å². The molecule has 0 radical (unpaired) electrons. The quantitative estimate of drug-likeness (QED) is 0.614. The van der Waals surface area contributed by atoms with Crippen LogP contribution in [0.25, 0.3) is 0 Å². The summed E-state index contributed by atoms with van der Waals surface area (Å²) < 4.78 is 0. The van der Waals surface area contributed by atoms with Gasteiger partial charge in [-0.1, -0.05) is 18.2 Å². The van der Waals surface area contributed by atoms with E-state index in [1.54, 1.807) is 6.08 Å². The average molecular weight is 244 g/mol. The van der Waals surface area contributed by atoms with Crippen molar-refractivity contribution in [2.45, 2.75) is 38.5 Å². The molecule has 18 heavy (non-hydrogen) atoms. The molecule has 0 aromatic rings. The predicted octanol–water partition coefficient (Wildman–Crippen LogP) is 3.08. The molecular formula is C16H20O2. The van der Waals surface area contributed by atoms with Gasteiger partial charge in [0.1, 0.15) is 5.78 Å². The van der Waals surface area contributed by atoms with Crippen LogP contribution in [0, 0.1) is 23.7 Å². The molecule has 0 aromatic carbocycles. The summed E-state index contributed by atoms with van der Waals surface area (Å²) in [4.78, 5) is 24.5. The Hall–Kier alpha value is -1.18. The molecule has 1 fully saturated rings. The van der Waals surface area contributed by atoms with E-state index in [0.717, 1.165) is 32.1 Å². The first-order valence-corrected chi connectivity index (χ1v) is 7.15. The molecule has 0 amide bonds. The van der Waals surface area contributed by atoms with E-state index in [1.165, 1.54) is 0 Å². The van der Waals surface area contributed by atoms with Crippen LogP contribution >= 0.6 is 0 Å². The number of rotatable bonds is 0. The van der Waals surface area contributed by atoms with Gasteiger partial charge in [0.15, 0.2) is 5.78 Å². The van der Waals surface area contributed by atoms with Gasteiger partial charge in [-0.25, -0.2) is 0 Å². The Morgan fingerprint density at radius 2 is 1.61 bits per heavy atom. The highest BCUT2D eigenvalue weighted by atomic mass is 16.1. The molecule has 0 spiro atoms. The van der Waals surface area contributed by atoms with Gasteiger partial charge < -0.3 is 0 Å². The zero-order chi connectivity index (χ0) is 12.5. The second kappa shape index (κ2) is 4.83. The zero-order valence-corrected chi connectivity index (χ0v) is 10.7. The first-order valence-electron chi connectivity index (χ1n) is 7.15. The van der Waals surface area contributed by atoms with Gasteiger partial charge in [-0.2, -0.15) is 0 Å². The summed E-state index contributed by atoms with van der Waals surface area (Å²) in [5.41, 5.74) is 0. The first-order chi connectivity index (χ1) is 8.77. The highest BCUT2D eigenvalue weighted by Gasteiger charge is 2.44. The summed E-state index contributed by atoms with van der Waals surface area (Å²) in [6.45, 7) is 0. The fourth-order valence-electron chi connectivity index (χ4n) is 4.01. The highest BCUT2D eigenvalue weighted by Crippen LogP contribution is 2.43. The molecule has 0 bridgehead atoms. The van der Waals surface area contributed by atoms with Gasteiger partial charge in [0.05, 0.1) is 0 Å². The van der Waals surface area contributed by atoms with Crippen molar-refractivity contribution >= 4 is 11.6 Å². The molecule has 0 aromatic heterocycles. The molecule has 2 nitrogen and oxygen atoms in total. The van der Waals surface area contributed by atoms with Crippen molar-refractivity contribution < 1.29 is 9.59 Å².